The molecule has 1 heterocycles. The van der Waals surface area contributed by atoms with Gasteiger partial charge in [-0.05, 0) is 30.9 Å². The maximum atomic E-state index is 12.4. The molecule has 1 unspecified atom stereocenters. The average molecular weight is 255 g/mol. The zero-order chi connectivity index (χ0) is 13.4. The topological polar surface area (TPSA) is 46.9 Å². The molecule has 0 saturated heterocycles. The van der Waals surface area contributed by atoms with Gasteiger partial charge in [-0.2, -0.15) is 5.10 Å². The molecule has 1 aliphatic carbocycles. The van der Waals surface area contributed by atoms with Gasteiger partial charge in [-0.1, -0.05) is 24.3 Å². The van der Waals surface area contributed by atoms with Gasteiger partial charge in [0.15, 0.2) is 0 Å². The molecule has 0 saturated carbocycles. The number of benzene rings is 1. The Balaban J connectivity index is 1.81. The van der Waals surface area contributed by atoms with Gasteiger partial charge in [0, 0.05) is 13.1 Å². The first-order valence-corrected chi connectivity index (χ1v) is 6.54. The molecule has 4 heteroatoms. The first-order chi connectivity index (χ1) is 9.15. The Morgan fingerprint density at radius 3 is 2.95 bits per heavy atom. The first kappa shape index (κ1) is 12.0. The van der Waals surface area contributed by atoms with Crippen molar-refractivity contribution in [3.63, 3.8) is 0 Å². The number of fused-ring (bicyclic) bond motifs is 1. The number of nitrogens with zero attached hydrogens (tertiary/aromatic N) is 2. The van der Waals surface area contributed by atoms with Crippen molar-refractivity contribution in [2.24, 2.45) is 7.05 Å². The number of hydrogen-bond donors (Lipinski definition) is 1. The maximum absolute atomic E-state index is 12.4. The van der Waals surface area contributed by atoms with Crippen LogP contribution in [0.2, 0.25) is 0 Å². The molecule has 3 rings (SSSR count). The quantitative estimate of drug-likeness (QED) is 0.895. The Labute approximate surface area is 112 Å². The second-order valence-corrected chi connectivity index (χ2v) is 5.07. The molecular weight excluding hydrogens is 238 g/mol. The summed E-state index contributed by atoms with van der Waals surface area (Å²) < 4.78 is 1.70. The number of hydrogen-bond acceptors (Lipinski definition) is 2. The lowest BCUT2D eigenvalue weighted by Gasteiger charge is -2.12. The number of anilines is 1. The van der Waals surface area contributed by atoms with E-state index in [4.69, 9.17) is 0 Å². The molecule has 1 N–H and O–H groups in total. The van der Waals surface area contributed by atoms with Crippen molar-refractivity contribution in [1.29, 1.82) is 0 Å². The van der Waals surface area contributed by atoms with Crippen molar-refractivity contribution in [3.05, 3.63) is 47.2 Å². The Morgan fingerprint density at radius 2 is 2.21 bits per heavy atom. The number of carbonyl (C=O) groups excluding carboxylic acids is 1. The van der Waals surface area contributed by atoms with Gasteiger partial charge >= 0.3 is 0 Å². The van der Waals surface area contributed by atoms with Crippen LogP contribution in [0.1, 0.15) is 29.2 Å². The number of rotatable bonds is 2. The third kappa shape index (κ3) is 2.14. The molecule has 1 aromatic carbocycles. The minimum absolute atomic E-state index is 0.0357. The largest absolute Gasteiger partial charge is 0.310 e. The molecule has 4 nitrogen and oxygen atoms in total. The summed E-state index contributed by atoms with van der Waals surface area (Å²) in [5.41, 5.74) is 3.37. The molecule has 0 fully saturated rings. The van der Waals surface area contributed by atoms with Gasteiger partial charge in [0.25, 0.3) is 0 Å². The normalized spacial score (nSPS) is 17.3. The summed E-state index contributed by atoms with van der Waals surface area (Å²) in [4.78, 5) is 12.4. The van der Waals surface area contributed by atoms with E-state index >= 15 is 0 Å². The van der Waals surface area contributed by atoms with E-state index in [0.29, 0.717) is 0 Å². The summed E-state index contributed by atoms with van der Waals surface area (Å²) in [6.07, 6.45) is 1.88. The Kier molecular flexibility index (Phi) is 2.85. The van der Waals surface area contributed by atoms with Gasteiger partial charge in [-0.25, -0.2) is 0 Å². The highest BCUT2D eigenvalue weighted by Gasteiger charge is 2.28. The lowest BCUT2D eigenvalue weighted by Crippen LogP contribution is -2.20. The third-order valence-electron chi connectivity index (χ3n) is 3.70. The molecule has 0 bridgehead atoms. The van der Waals surface area contributed by atoms with Gasteiger partial charge in [0.05, 0.1) is 11.6 Å². The van der Waals surface area contributed by atoms with Crippen molar-refractivity contribution >= 4 is 11.7 Å². The Morgan fingerprint density at radius 1 is 1.42 bits per heavy atom. The number of aromatic nitrogens is 2. The van der Waals surface area contributed by atoms with Crippen LogP contribution in [0.25, 0.3) is 0 Å². The fourth-order valence-electron chi connectivity index (χ4n) is 2.77. The Bertz CT molecular complexity index is 630. The standard InChI is InChI=1S/C15H17N3O/c1-10-9-14(18(2)17-10)16-15(19)13-8-7-11-5-3-4-6-12(11)13/h3-6,9,13H,7-8H2,1-2H3,(H,16,19). The van der Waals surface area contributed by atoms with Crippen LogP contribution in [0.3, 0.4) is 0 Å². The summed E-state index contributed by atoms with van der Waals surface area (Å²) >= 11 is 0. The van der Waals surface area contributed by atoms with E-state index in [1.54, 1.807) is 4.68 Å². The monoisotopic (exact) mass is 255 g/mol. The molecule has 1 amide bonds. The van der Waals surface area contributed by atoms with Crippen molar-refractivity contribution in [3.8, 4) is 0 Å². The second-order valence-electron chi connectivity index (χ2n) is 5.07. The van der Waals surface area contributed by atoms with Crippen LogP contribution in [0.5, 0.6) is 0 Å². The highest BCUT2D eigenvalue weighted by Crippen LogP contribution is 2.33. The highest BCUT2D eigenvalue weighted by atomic mass is 16.2. The molecule has 1 atom stereocenters. The van der Waals surface area contributed by atoms with E-state index in [1.165, 1.54) is 11.1 Å². The molecule has 1 aliphatic rings. The van der Waals surface area contributed by atoms with Crippen LogP contribution < -0.4 is 5.32 Å². The van der Waals surface area contributed by atoms with Crippen molar-refractivity contribution in [1.82, 2.24) is 9.78 Å². The number of aryl methyl sites for hydroxylation is 3. The number of nitrogens with one attached hydrogen (secondary N) is 1. The van der Waals surface area contributed by atoms with Crippen molar-refractivity contribution in [2.45, 2.75) is 25.7 Å². The SMILES string of the molecule is Cc1cc(NC(=O)C2CCc3ccccc32)n(C)n1. The minimum Gasteiger partial charge on any atom is -0.310 e. The van der Waals surface area contributed by atoms with Crippen LogP contribution in [0.4, 0.5) is 5.82 Å². The van der Waals surface area contributed by atoms with E-state index in [0.717, 1.165) is 24.4 Å². The summed E-state index contributed by atoms with van der Waals surface area (Å²) in [5, 5.41) is 7.21. The average Bonchev–Trinajstić information content (AvgIpc) is 2.93. The van der Waals surface area contributed by atoms with Crippen LogP contribution in [0, 0.1) is 6.92 Å². The van der Waals surface area contributed by atoms with Crippen molar-refractivity contribution in [2.75, 3.05) is 5.32 Å². The summed E-state index contributed by atoms with van der Waals surface area (Å²) in [5.74, 6) is 0.784. The first-order valence-electron chi connectivity index (χ1n) is 6.54. The Hall–Kier alpha value is -2.10. The molecule has 0 spiro atoms. The van der Waals surface area contributed by atoms with E-state index in [2.05, 4.69) is 22.5 Å². The van der Waals surface area contributed by atoms with Gasteiger partial charge in [0.1, 0.15) is 5.82 Å². The maximum Gasteiger partial charge on any atom is 0.233 e. The smallest absolute Gasteiger partial charge is 0.233 e. The zero-order valence-corrected chi connectivity index (χ0v) is 11.2. The number of amides is 1. The molecule has 2 aromatic rings. The summed E-state index contributed by atoms with van der Waals surface area (Å²) in [6, 6.07) is 10.1. The third-order valence-corrected chi connectivity index (χ3v) is 3.70. The number of carbonyl (C=O) groups is 1. The highest BCUT2D eigenvalue weighted by molar-refractivity contribution is 5.96. The van der Waals surface area contributed by atoms with E-state index < -0.39 is 0 Å². The fraction of sp³-hybridized carbons (Fsp3) is 0.333. The molecule has 19 heavy (non-hydrogen) atoms. The van der Waals surface area contributed by atoms with Crippen molar-refractivity contribution < 1.29 is 4.79 Å². The molecule has 98 valence electrons. The van der Waals surface area contributed by atoms with Gasteiger partial charge in [0.2, 0.25) is 5.91 Å². The predicted octanol–water partition coefficient (Wildman–Crippen LogP) is 2.40. The molecular formula is C15H17N3O. The van der Waals surface area contributed by atoms with Gasteiger partial charge in [-0.15, -0.1) is 0 Å². The van der Waals surface area contributed by atoms with Gasteiger partial charge in [-0.3, -0.25) is 9.48 Å². The van der Waals surface area contributed by atoms with Gasteiger partial charge < -0.3 is 5.32 Å². The van der Waals surface area contributed by atoms with E-state index in [1.807, 2.05) is 32.2 Å². The van der Waals surface area contributed by atoms with Crippen LogP contribution >= 0.6 is 0 Å². The lowest BCUT2D eigenvalue weighted by atomic mass is 10.0. The van der Waals surface area contributed by atoms with E-state index in [9.17, 15) is 4.79 Å². The van der Waals surface area contributed by atoms with Crippen LogP contribution in [-0.2, 0) is 18.3 Å². The zero-order valence-electron chi connectivity index (χ0n) is 11.2. The minimum atomic E-state index is -0.0357. The predicted molar refractivity (Wildman–Crippen MR) is 74.1 cm³/mol. The fourth-order valence-corrected chi connectivity index (χ4v) is 2.77. The summed E-state index contributed by atoms with van der Waals surface area (Å²) in [7, 11) is 1.84. The molecule has 1 aromatic heterocycles. The lowest BCUT2D eigenvalue weighted by molar-refractivity contribution is -0.117. The van der Waals surface area contributed by atoms with Crippen LogP contribution in [-0.4, -0.2) is 15.7 Å². The van der Waals surface area contributed by atoms with E-state index in [-0.39, 0.29) is 11.8 Å². The summed E-state index contributed by atoms with van der Waals surface area (Å²) in [6.45, 7) is 1.92. The second kappa shape index (κ2) is 4.53. The van der Waals surface area contributed by atoms with Crippen LogP contribution in [0.15, 0.2) is 30.3 Å². The molecule has 0 radical (unpaired) electrons. The molecule has 0 aliphatic heterocycles.